The van der Waals surface area contributed by atoms with Gasteiger partial charge in [-0.3, -0.25) is 4.79 Å². The second-order valence-corrected chi connectivity index (χ2v) is 6.92. The molecule has 0 saturated heterocycles. The third-order valence-corrected chi connectivity index (χ3v) is 4.60. The lowest BCUT2D eigenvalue weighted by Crippen LogP contribution is -2.36. The van der Waals surface area contributed by atoms with Crippen LogP contribution in [-0.2, 0) is 17.8 Å². The quantitative estimate of drug-likeness (QED) is 0.678. The molecule has 2 aromatic carbocycles. The number of carbonyl (C=O) groups is 1. The van der Waals surface area contributed by atoms with E-state index < -0.39 is 0 Å². The molecule has 0 N–H and O–H groups in total. The van der Waals surface area contributed by atoms with E-state index >= 15 is 0 Å². The van der Waals surface area contributed by atoms with Crippen LogP contribution in [-0.4, -0.2) is 24.0 Å². The normalized spacial score (nSPS) is 10.7. The summed E-state index contributed by atoms with van der Waals surface area (Å²) < 4.78 is 6.16. The van der Waals surface area contributed by atoms with Crippen LogP contribution in [0.15, 0.2) is 53.0 Å². The minimum atomic E-state index is 0.181. The van der Waals surface area contributed by atoms with Crippen molar-refractivity contribution in [1.82, 2.24) is 4.90 Å². The van der Waals surface area contributed by atoms with Gasteiger partial charge in [-0.1, -0.05) is 36.4 Å². The molecule has 0 aliphatic carbocycles. The van der Waals surface area contributed by atoms with Crippen LogP contribution < -0.4 is 4.74 Å². The highest BCUT2D eigenvalue weighted by Gasteiger charge is 2.17. The van der Waals surface area contributed by atoms with Gasteiger partial charge in [0.25, 0.3) is 0 Å². The molecule has 24 heavy (non-hydrogen) atoms. The number of hydrogen-bond donors (Lipinski definition) is 0. The molecule has 0 atom stereocenters. The zero-order chi connectivity index (χ0) is 17.5. The molecule has 0 aromatic heterocycles. The SMILES string of the molecule is COc1ccc(CCC(=O)N(Cc2ccccc2)C(C)C)cc1Br. The molecule has 0 spiro atoms. The topological polar surface area (TPSA) is 29.5 Å². The van der Waals surface area contributed by atoms with Crippen LogP contribution in [0.4, 0.5) is 0 Å². The first-order valence-corrected chi connectivity index (χ1v) is 8.96. The Morgan fingerprint density at radius 3 is 2.42 bits per heavy atom. The number of benzene rings is 2. The third-order valence-electron chi connectivity index (χ3n) is 3.98. The summed E-state index contributed by atoms with van der Waals surface area (Å²) in [7, 11) is 1.65. The summed E-state index contributed by atoms with van der Waals surface area (Å²) in [5.41, 5.74) is 2.28. The van der Waals surface area contributed by atoms with Crippen LogP contribution in [0.5, 0.6) is 5.75 Å². The molecule has 0 heterocycles. The van der Waals surface area contributed by atoms with E-state index in [1.807, 2.05) is 41.3 Å². The summed E-state index contributed by atoms with van der Waals surface area (Å²) in [5, 5.41) is 0. The average Bonchev–Trinajstić information content (AvgIpc) is 2.58. The monoisotopic (exact) mass is 389 g/mol. The molecule has 0 unspecified atom stereocenters. The van der Waals surface area contributed by atoms with Crippen molar-refractivity contribution in [2.75, 3.05) is 7.11 Å². The summed E-state index contributed by atoms with van der Waals surface area (Å²) in [6, 6.07) is 16.3. The maximum atomic E-state index is 12.7. The van der Waals surface area contributed by atoms with E-state index in [1.165, 1.54) is 0 Å². The van der Waals surface area contributed by atoms with Gasteiger partial charge in [0.05, 0.1) is 11.6 Å². The van der Waals surface area contributed by atoms with Crippen molar-refractivity contribution < 1.29 is 9.53 Å². The van der Waals surface area contributed by atoms with E-state index in [1.54, 1.807) is 7.11 Å². The van der Waals surface area contributed by atoms with Crippen LogP contribution in [0, 0.1) is 0 Å². The van der Waals surface area contributed by atoms with E-state index in [0.717, 1.165) is 27.8 Å². The van der Waals surface area contributed by atoms with E-state index in [2.05, 4.69) is 41.9 Å². The van der Waals surface area contributed by atoms with Crippen molar-refractivity contribution in [1.29, 1.82) is 0 Å². The first kappa shape index (κ1) is 18.5. The fourth-order valence-corrected chi connectivity index (χ4v) is 3.19. The number of methoxy groups -OCH3 is 1. The Hall–Kier alpha value is -1.81. The molecular weight excluding hydrogens is 366 g/mol. The first-order chi connectivity index (χ1) is 11.5. The number of nitrogens with zero attached hydrogens (tertiary/aromatic N) is 1. The number of rotatable bonds is 7. The lowest BCUT2D eigenvalue weighted by Gasteiger charge is -2.27. The molecule has 4 heteroatoms. The van der Waals surface area contributed by atoms with Gasteiger partial charge < -0.3 is 9.64 Å². The average molecular weight is 390 g/mol. The number of aryl methyl sites for hydroxylation is 1. The van der Waals surface area contributed by atoms with Crippen LogP contribution >= 0.6 is 15.9 Å². The second kappa shape index (κ2) is 8.88. The molecule has 0 bridgehead atoms. The highest BCUT2D eigenvalue weighted by molar-refractivity contribution is 9.10. The van der Waals surface area contributed by atoms with Gasteiger partial charge in [-0.15, -0.1) is 0 Å². The maximum absolute atomic E-state index is 12.7. The number of carbonyl (C=O) groups excluding carboxylic acids is 1. The second-order valence-electron chi connectivity index (χ2n) is 6.07. The van der Waals surface area contributed by atoms with Crippen LogP contribution in [0.1, 0.15) is 31.4 Å². The highest BCUT2D eigenvalue weighted by Crippen LogP contribution is 2.26. The molecule has 0 aliphatic rings. The van der Waals surface area contributed by atoms with Gasteiger partial charge in [0, 0.05) is 19.0 Å². The van der Waals surface area contributed by atoms with E-state index in [-0.39, 0.29) is 11.9 Å². The number of hydrogen-bond acceptors (Lipinski definition) is 2. The van der Waals surface area contributed by atoms with Crippen LogP contribution in [0.2, 0.25) is 0 Å². The first-order valence-electron chi connectivity index (χ1n) is 8.17. The Bertz CT molecular complexity index is 671. The van der Waals surface area contributed by atoms with E-state index in [4.69, 9.17) is 4.74 Å². The number of ether oxygens (including phenoxy) is 1. The summed E-state index contributed by atoms with van der Waals surface area (Å²) in [5.74, 6) is 0.985. The fraction of sp³-hybridized carbons (Fsp3) is 0.350. The largest absolute Gasteiger partial charge is 0.496 e. The predicted molar refractivity (Wildman–Crippen MR) is 101 cm³/mol. The van der Waals surface area contributed by atoms with Crippen molar-refractivity contribution in [3.8, 4) is 5.75 Å². The summed E-state index contributed by atoms with van der Waals surface area (Å²) in [4.78, 5) is 14.6. The van der Waals surface area contributed by atoms with Crippen LogP contribution in [0.3, 0.4) is 0 Å². The van der Waals surface area contributed by atoms with Gasteiger partial charge in [-0.25, -0.2) is 0 Å². The molecule has 2 aromatic rings. The minimum absolute atomic E-state index is 0.181. The Balaban J connectivity index is 1.99. The number of amides is 1. The van der Waals surface area contributed by atoms with Gasteiger partial charge >= 0.3 is 0 Å². The van der Waals surface area contributed by atoms with Gasteiger partial charge in [0.1, 0.15) is 5.75 Å². The lowest BCUT2D eigenvalue weighted by atomic mass is 10.1. The standard InChI is InChI=1S/C20H24BrNO2/c1-15(2)22(14-17-7-5-4-6-8-17)20(23)12-10-16-9-11-19(24-3)18(21)13-16/h4-9,11,13,15H,10,12,14H2,1-3H3. The maximum Gasteiger partial charge on any atom is 0.223 e. The smallest absolute Gasteiger partial charge is 0.223 e. The third kappa shape index (κ3) is 5.10. The molecular formula is C20H24BrNO2. The van der Waals surface area contributed by atoms with Gasteiger partial charge in [0.2, 0.25) is 5.91 Å². The fourth-order valence-electron chi connectivity index (χ4n) is 2.60. The Kier molecular flexibility index (Phi) is 6.85. The molecule has 2 rings (SSSR count). The lowest BCUT2D eigenvalue weighted by molar-refractivity contribution is -0.133. The molecule has 0 fully saturated rings. The van der Waals surface area contributed by atoms with Crippen molar-refractivity contribution in [2.45, 2.75) is 39.3 Å². The number of halogens is 1. The van der Waals surface area contributed by atoms with E-state index in [9.17, 15) is 4.79 Å². The molecule has 0 radical (unpaired) electrons. The Morgan fingerprint density at radius 2 is 1.83 bits per heavy atom. The predicted octanol–water partition coefficient (Wildman–Crippen LogP) is 4.83. The Morgan fingerprint density at radius 1 is 1.12 bits per heavy atom. The zero-order valence-corrected chi connectivity index (χ0v) is 16.0. The van der Waals surface area contributed by atoms with Crippen LogP contribution in [0.25, 0.3) is 0 Å². The van der Waals surface area contributed by atoms with Crippen molar-refractivity contribution in [3.05, 3.63) is 64.1 Å². The Labute approximate surface area is 152 Å². The van der Waals surface area contributed by atoms with Crippen molar-refractivity contribution >= 4 is 21.8 Å². The molecule has 0 aliphatic heterocycles. The van der Waals surface area contributed by atoms with E-state index in [0.29, 0.717) is 13.0 Å². The zero-order valence-electron chi connectivity index (χ0n) is 14.5. The van der Waals surface area contributed by atoms with Gasteiger partial charge in [0.15, 0.2) is 0 Å². The van der Waals surface area contributed by atoms with Crippen molar-refractivity contribution in [2.24, 2.45) is 0 Å². The molecule has 3 nitrogen and oxygen atoms in total. The highest BCUT2D eigenvalue weighted by atomic mass is 79.9. The summed E-state index contributed by atoms with van der Waals surface area (Å²) in [6.45, 7) is 4.78. The van der Waals surface area contributed by atoms with Gasteiger partial charge in [-0.2, -0.15) is 0 Å². The van der Waals surface area contributed by atoms with Crippen molar-refractivity contribution in [3.63, 3.8) is 0 Å². The molecule has 0 saturated carbocycles. The molecule has 1 amide bonds. The minimum Gasteiger partial charge on any atom is -0.496 e. The molecule has 128 valence electrons. The summed E-state index contributed by atoms with van der Waals surface area (Å²) >= 11 is 3.49. The summed E-state index contributed by atoms with van der Waals surface area (Å²) in [6.07, 6.45) is 1.23. The van der Waals surface area contributed by atoms with Gasteiger partial charge in [-0.05, 0) is 59.5 Å².